The summed E-state index contributed by atoms with van der Waals surface area (Å²) in [5.41, 5.74) is 1.11. The van der Waals surface area contributed by atoms with Crippen LogP contribution in [0.3, 0.4) is 0 Å². The SMILES string of the molecule is CCCC(CCC)C(O)(c1ccccc1)c1ccccc1. The molecule has 1 N–H and O–H groups in total. The van der Waals surface area contributed by atoms with Crippen LogP contribution in [0, 0.1) is 5.92 Å². The molecule has 0 saturated carbocycles. The zero-order valence-corrected chi connectivity index (χ0v) is 13.1. The first kappa shape index (κ1) is 15.8. The number of hydrogen-bond donors (Lipinski definition) is 1. The largest absolute Gasteiger partial charge is 0.380 e. The Hall–Kier alpha value is -1.60. The summed E-state index contributed by atoms with van der Waals surface area (Å²) in [5, 5.41) is 11.7. The molecule has 1 heteroatoms. The van der Waals surface area contributed by atoms with Crippen LogP contribution in [0.25, 0.3) is 0 Å². The summed E-state index contributed by atoms with van der Waals surface area (Å²) in [7, 11) is 0. The molecule has 0 bridgehead atoms. The van der Waals surface area contributed by atoms with Crippen LogP contribution in [-0.4, -0.2) is 5.11 Å². The van der Waals surface area contributed by atoms with Crippen molar-refractivity contribution in [3.05, 3.63) is 71.8 Å². The summed E-state index contributed by atoms with van der Waals surface area (Å²) < 4.78 is 0. The molecule has 0 aliphatic rings. The predicted octanol–water partition coefficient (Wildman–Crippen LogP) is 5.14. The quantitative estimate of drug-likeness (QED) is 0.745. The Bertz CT molecular complexity index is 473. The molecule has 0 aromatic heterocycles. The zero-order chi connectivity index (χ0) is 15.1. The molecule has 0 fully saturated rings. The van der Waals surface area contributed by atoms with Crippen LogP contribution in [0.5, 0.6) is 0 Å². The van der Waals surface area contributed by atoms with Crippen molar-refractivity contribution in [3.8, 4) is 0 Å². The van der Waals surface area contributed by atoms with E-state index in [0.717, 1.165) is 36.8 Å². The van der Waals surface area contributed by atoms with Crippen molar-refractivity contribution >= 4 is 0 Å². The summed E-state index contributed by atoms with van der Waals surface area (Å²) in [5.74, 6) is 0.247. The van der Waals surface area contributed by atoms with E-state index in [0.29, 0.717) is 0 Å². The van der Waals surface area contributed by atoms with Gasteiger partial charge in [0, 0.05) is 0 Å². The minimum atomic E-state index is -0.894. The average molecular weight is 282 g/mol. The van der Waals surface area contributed by atoms with Gasteiger partial charge in [0.1, 0.15) is 5.60 Å². The van der Waals surface area contributed by atoms with Gasteiger partial charge in [-0.25, -0.2) is 0 Å². The summed E-state index contributed by atoms with van der Waals surface area (Å²) in [4.78, 5) is 0. The van der Waals surface area contributed by atoms with Gasteiger partial charge >= 0.3 is 0 Å². The Labute approximate surface area is 128 Å². The second-order valence-corrected chi connectivity index (χ2v) is 5.77. The van der Waals surface area contributed by atoms with Gasteiger partial charge in [-0.05, 0) is 29.9 Å². The molecule has 0 unspecified atom stereocenters. The summed E-state index contributed by atoms with van der Waals surface area (Å²) in [6, 6.07) is 20.2. The Morgan fingerprint density at radius 1 is 0.762 bits per heavy atom. The van der Waals surface area contributed by atoms with Crippen LogP contribution in [0.1, 0.15) is 50.7 Å². The molecule has 0 amide bonds. The van der Waals surface area contributed by atoms with E-state index in [4.69, 9.17) is 0 Å². The molecule has 0 radical (unpaired) electrons. The van der Waals surface area contributed by atoms with Crippen molar-refractivity contribution < 1.29 is 5.11 Å². The van der Waals surface area contributed by atoms with Gasteiger partial charge in [0.25, 0.3) is 0 Å². The highest BCUT2D eigenvalue weighted by atomic mass is 16.3. The Morgan fingerprint density at radius 3 is 1.48 bits per heavy atom. The van der Waals surface area contributed by atoms with E-state index in [-0.39, 0.29) is 5.92 Å². The predicted molar refractivity (Wildman–Crippen MR) is 89.2 cm³/mol. The van der Waals surface area contributed by atoms with Gasteiger partial charge in [-0.2, -0.15) is 0 Å². The molecule has 0 spiro atoms. The molecule has 2 rings (SSSR count). The molecular formula is C20H26O. The molecule has 0 heterocycles. The van der Waals surface area contributed by atoms with Crippen molar-refractivity contribution in [2.45, 2.75) is 45.1 Å². The van der Waals surface area contributed by atoms with Gasteiger partial charge in [0.05, 0.1) is 0 Å². The number of hydrogen-bond acceptors (Lipinski definition) is 1. The van der Waals surface area contributed by atoms with Gasteiger partial charge in [-0.15, -0.1) is 0 Å². The summed E-state index contributed by atoms with van der Waals surface area (Å²) in [6.45, 7) is 4.39. The fraction of sp³-hybridized carbons (Fsp3) is 0.400. The Morgan fingerprint density at radius 2 is 1.14 bits per heavy atom. The fourth-order valence-corrected chi connectivity index (χ4v) is 3.28. The van der Waals surface area contributed by atoms with E-state index in [9.17, 15) is 5.11 Å². The smallest absolute Gasteiger partial charge is 0.117 e. The molecule has 0 aliphatic carbocycles. The fourth-order valence-electron chi connectivity index (χ4n) is 3.28. The maximum Gasteiger partial charge on any atom is 0.117 e. The molecule has 0 aliphatic heterocycles. The highest BCUT2D eigenvalue weighted by molar-refractivity contribution is 5.36. The van der Waals surface area contributed by atoms with E-state index in [1.54, 1.807) is 0 Å². The normalized spacial score (nSPS) is 11.8. The van der Waals surface area contributed by atoms with Gasteiger partial charge in [-0.3, -0.25) is 0 Å². The zero-order valence-electron chi connectivity index (χ0n) is 13.1. The first-order chi connectivity index (χ1) is 10.2. The van der Waals surface area contributed by atoms with Crippen LogP contribution in [0.15, 0.2) is 60.7 Å². The first-order valence-corrected chi connectivity index (χ1v) is 8.06. The monoisotopic (exact) mass is 282 g/mol. The molecule has 112 valence electrons. The third-order valence-electron chi connectivity index (χ3n) is 4.29. The Kier molecular flexibility index (Phi) is 5.58. The summed E-state index contributed by atoms with van der Waals surface area (Å²) in [6.07, 6.45) is 4.25. The van der Waals surface area contributed by atoms with Crippen LogP contribution in [-0.2, 0) is 5.60 Å². The summed E-state index contributed by atoms with van der Waals surface area (Å²) >= 11 is 0. The molecule has 2 aromatic rings. The second-order valence-electron chi connectivity index (χ2n) is 5.77. The number of rotatable bonds is 7. The molecule has 2 aromatic carbocycles. The molecule has 21 heavy (non-hydrogen) atoms. The maximum absolute atomic E-state index is 11.7. The van der Waals surface area contributed by atoms with Crippen molar-refractivity contribution in [1.82, 2.24) is 0 Å². The maximum atomic E-state index is 11.7. The first-order valence-electron chi connectivity index (χ1n) is 8.06. The highest BCUT2D eigenvalue weighted by Crippen LogP contribution is 2.41. The van der Waals surface area contributed by atoms with E-state index in [2.05, 4.69) is 13.8 Å². The Balaban J connectivity index is 2.53. The highest BCUT2D eigenvalue weighted by Gasteiger charge is 2.38. The number of benzene rings is 2. The van der Waals surface area contributed by atoms with Gasteiger partial charge in [-0.1, -0.05) is 87.4 Å². The van der Waals surface area contributed by atoms with E-state index >= 15 is 0 Å². The molecule has 0 atom stereocenters. The lowest BCUT2D eigenvalue weighted by atomic mass is 9.72. The third kappa shape index (κ3) is 3.36. The lowest BCUT2D eigenvalue weighted by Crippen LogP contribution is -2.36. The molecule has 1 nitrogen and oxygen atoms in total. The van der Waals surface area contributed by atoms with Gasteiger partial charge < -0.3 is 5.11 Å². The lowest BCUT2D eigenvalue weighted by molar-refractivity contribution is 0.00732. The van der Waals surface area contributed by atoms with E-state index in [1.165, 1.54) is 0 Å². The third-order valence-corrected chi connectivity index (χ3v) is 4.29. The molecule has 0 saturated heterocycles. The number of aliphatic hydroxyl groups is 1. The van der Waals surface area contributed by atoms with Gasteiger partial charge in [0.2, 0.25) is 0 Å². The van der Waals surface area contributed by atoms with Crippen molar-refractivity contribution in [2.24, 2.45) is 5.92 Å². The van der Waals surface area contributed by atoms with Crippen molar-refractivity contribution in [1.29, 1.82) is 0 Å². The van der Waals surface area contributed by atoms with Crippen LogP contribution in [0.4, 0.5) is 0 Å². The van der Waals surface area contributed by atoms with E-state index in [1.807, 2.05) is 60.7 Å². The van der Waals surface area contributed by atoms with Crippen LogP contribution >= 0.6 is 0 Å². The minimum absolute atomic E-state index is 0.247. The topological polar surface area (TPSA) is 20.2 Å². The van der Waals surface area contributed by atoms with Crippen LogP contribution in [0.2, 0.25) is 0 Å². The van der Waals surface area contributed by atoms with Gasteiger partial charge in [0.15, 0.2) is 0 Å². The van der Waals surface area contributed by atoms with Crippen molar-refractivity contribution in [2.75, 3.05) is 0 Å². The molecular weight excluding hydrogens is 256 g/mol. The standard InChI is InChI=1S/C20H26O/c1-3-11-17(12-4-2)20(21,18-13-7-5-8-14-18)19-15-9-6-10-16-19/h5-10,13-17,21H,3-4,11-12H2,1-2H3. The van der Waals surface area contributed by atoms with Crippen molar-refractivity contribution in [3.63, 3.8) is 0 Å². The lowest BCUT2D eigenvalue weighted by Gasteiger charge is -2.37. The van der Waals surface area contributed by atoms with E-state index < -0.39 is 5.60 Å². The average Bonchev–Trinajstić information content (AvgIpc) is 2.55. The van der Waals surface area contributed by atoms with Crippen LogP contribution < -0.4 is 0 Å². The second kappa shape index (κ2) is 7.42. The minimum Gasteiger partial charge on any atom is -0.380 e.